The lowest BCUT2D eigenvalue weighted by Crippen LogP contribution is -2.28. The highest BCUT2D eigenvalue weighted by Crippen LogP contribution is 2.35. The summed E-state index contributed by atoms with van der Waals surface area (Å²) in [6.07, 6.45) is 3.06. The van der Waals surface area contributed by atoms with Gasteiger partial charge in [-0.2, -0.15) is 5.10 Å². The van der Waals surface area contributed by atoms with Gasteiger partial charge in [0.1, 0.15) is 4.90 Å². The van der Waals surface area contributed by atoms with Crippen LogP contribution in [0.25, 0.3) is 0 Å². The van der Waals surface area contributed by atoms with Crippen molar-refractivity contribution in [3.8, 4) is 0 Å². The first-order valence-electron chi connectivity index (χ1n) is 7.09. The van der Waals surface area contributed by atoms with Gasteiger partial charge < -0.3 is 5.32 Å². The minimum Gasteiger partial charge on any atom is -0.348 e. The molecular formula is C13H20ClN3O3S. The van der Waals surface area contributed by atoms with Gasteiger partial charge in [0, 0.05) is 16.7 Å². The van der Waals surface area contributed by atoms with Crippen LogP contribution in [-0.4, -0.2) is 30.6 Å². The van der Waals surface area contributed by atoms with Crippen molar-refractivity contribution in [3.63, 3.8) is 0 Å². The molecule has 0 bridgehead atoms. The lowest BCUT2D eigenvalue weighted by Gasteiger charge is -2.06. The number of carbonyl (C=O) groups excluding carboxylic acids is 1. The molecule has 1 saturated carbocycles. The first-order valence-corrected chi connectivity index (χ1v) is 9.40. The number of nitrogens with one attached hydrogen (secondary N) is 2. The number of hydrogen-bond acceptors (Lipinski definition) is 4. The van der Waals surface area contributed by atoms with E-state index in [1.807, 2.05) is 0 Å². The Hall–Kier alpha value is -1.08. The van der Waals surface area contributed by atoms with Crippen LogP contribution in [0.4, 0.5) is 0 Å². The van der Waals surface area contributed by atoms with E-state index in [1.54, 1.807) is 13.8 Å². The van der Waals surface area contributed by atoms with Crippen molar-refractivity contribution in [2.45, 2.75) is 56.9 Å². The van der Waals surface area contributed by atoms with Crippen LogP contribution in [0.2, 0.25) is 0 Å². The first-order chi connectivity index (χ1) is 9.75. The Kier molecular flexibility index (Phi) is 4.63. The first kappa shape index (κ1) is 16.3. The summed E-state index contributed by atoms with van der Waals surface area (Å²) in [4.78, 5) is 12.0. The molecule has 1 aliphatic rings. The molecule has 0 saturated heterocycles. The highest BCUT2D eigenvalue weighted by Gasteiger charge is 2.39. The summed E-state index contributed by atoms with van der Waals surface area (Å²) in [6.45, 7) is 5.70. The van der Waals surface area contributed by atoms with E-state index in [9.17, 15) is 13.2 Å². The number of aromatic nitrogens is 2. The molecule has 1 aromatic rings. The van der Waals surface area contributed by atoms with Crippen LogP contribution in [0.1, 0.15) is 62.1 Å². The van der Waals surface area contributed by atoms with E-state index in [-0.39, 0.29) is 22.5 Å². The molecule has 1 aliphatic carbocycles. The number of nitrogens with zero attached hydrogens (tertiary/aromatic N) is 1. The van der Waals surface area contributed by atoms with Crippen LogP contribution >= 0.6 is 10.7 Å². The van der Waals surface area contributed by atoms with Crippen molar-refractivity contribution < 1.29 is 13.2 Å². The maximum atomic E-state index is 12.2. The molecule has 1 heterocycles. The van der Waals surface area contributed by atoms with Crippen LogP contribution in [0, 0.1) is 5.92 Å². The summed E-state index contributed by atoms with van der Waals surface area (Å²) in [5.74, 6) is -0.129. The van der Waals surface area contributed by atoms with Gasteiger partial charge in [-0.15, -0.1) is 0 Å². The quantitative estimate of drug-likeness (QED) is 0.782. The molecular weight excluding hydrogens is 314 g/mol. The van der Waals surface area contributed by atoms with Gasteiger partial charge in [0.05, 0.1) is 5.69 Å². The lowest BCUT2D eigenvalue weighted by atomic mass is 10.1. The fourth-order valence-corrected chi connectivity index (χ4v) is 3.87. The second-order valence-corrected chi connectivity index (χ2v) is 8.27. The van der Waals surface area contributed by atoms with E-state index in [0.717, 1.165) is 19.3 Å². The van der Waals surface area contributed by atoms with Crippen molar-refractivity contribution >= 4 is 25.6 Å². The van der Waals surface area contributed by atoms with Crippen LogP contribution in [0.5, 0.6) is 0 Å². The topological polar surface area (TPSA) is 91.9 Å². The average molecular weight is 334 g/mol. The minimum atomic E-state index is -4.03. The second-order valence-electron chi connectivity index (χ2n) is 5.77. The highest BCUT2D eigenvalue weighted by atomic mass is 35.7. The molecule has 0 aliphatic heterocycles. The smallest absolute Gasteiger partial charge is 0.273 e. The summed E-state index contributed by atoms with van der Waals surface area (Å²) in [5.41, 5.74) is 0.215. The van der Waals surface area contributed by atoms with Crippen molar-refractivity contribution in [1.29, 1.82) is 0 Å². The van der Waals surface area contributed by atoms with Crippen LogP contribution in [0.15, 0.2) is 4.90 Å². The van der Waals surface area contributed by atoms with E-state index in [1.165, 1.54) is 0 Å². The van der Waals surface area contributed by atoms with E-state index >= 15 is 0 Å². The Balaban J connectivity index is 2.22. The molecule has 2 unspecified atom stereocenters. The zero-order chi connectivity index (χ0) is 15.8. The summed E-state index contributed by atoms with van der Waals surface area (Å²) >= 11 is 0. The molecule has 118 valence electrons. The van der Waals surface area contributed by atoms with Gasteiger partial charge in [0.2, 0.25) is 0 Å². The fraction of sp³-hybridized carbons (Fsp3) is 0.692. The maximum Gasteiger partial charge on any atom is 0.273 e. The van der Waals surface area contributed by atoms with E-state index in [0.29, 0.717) is 11.6 Å². The van der Waals surface area contributed by atoms with Crippen molar-refractivity contribution in [3.05, 3.63) is 11.4 Å². The van der Waals surface area contributed by atoms with Crippen molar-refractivity contribution in [1.82, 2.24) is 15.5 Å². The predicted molar refractivity (Wildman–Crippen MR) is 80.0 cm³/mol. The summed E-state index contributed by atoms with van der Waals surface area (Å²) in [7, 11) is 1.43. The Labute approximate surface area is 129 Å². The number of H-pyrrole nitrogens is 1. The van der Waals surface area contributed by atoms with E-state index in [2.05, 4.69) is 22.4 Å². The Bertz CT molecular complexity index is 639. The standard InChI is InChI=1S/C13H20ClN3O3S/c1-4-5-8-6-9(8)15-13(18)11-12(21(14,19)20)10(7(2)3)16-17-11/h7-9H,4-6H2,1-3H3,(H,15,18)(H,16,17). The molecule has 1 aromatic heterocycles. The third-order valence-corrected chi connectivity index (χ3v) is 5.05. The lowest BCUT2D eigenvalue weighted by molar-refractivity contribution is 0.0940. The SMILES string of the molecule is CCCC1CC1NC(=O)c1n[nH]c(C(C)C)c1S(=O)(=O)Cl. The molecule has 21 heavy (non-hydrogen) atoms. The molecule has 1 fully saturated rings. The van der Waals surface area contributed by atoms with Crippen molar-refractivity contribution in [2.75, 3.05) is 0 Å². The fourth-order valence-electron chi connectivity index (χ4n) is 2.49. The molecule has 6 nitrogen and oxygen atoms in total. The van der Waals surface area contributed by atoms with Gasteiger partial charge in [-0.25, -0.2) is 8.42 Å². The van der Waals surface area contributed by atoms with Crippen LogP contribution in [-0.2, 0) is 9.05 Å². The van der Waals surface area contributed by atoms with Gasteiger partial charge in [0.25, 0.3) is 15.0 Å². The average Bonchev–Trinajstić information content (AvgIpc) is 2.92. The highest BCUT2D eigenvalue weighted by molar-refractivity contribution is 8.13. The molecule has 0 radical (unpaired) electrons. The predicted octanol–water partition coefficient (Wildman–Crippen LogP) is 2.38. The molecule has 1 amide bonds. The van der Waals surface area contributed by atoms with E-state index in [4.69, 9.17) is 10.7 Å². The Morgan fingerprint density at radius 2 is 2.19 bits per heavy atom. The Morgan fingerprint density at radius 3 is 2.71 bits per heavy atom. The number of halogens is 1. The zero-order valence-electron chi connectivity index (χ0n) is 12.3. The summed E-state index contributed by atoms with van der Waals surface area (Å²) < 4.78 is 23.5. The third kappa shape index (κ3) is 3.58. The van der Waals surface area contributed by atoms with E-state index < -0.39 is 15.0 Å². The molecule has 0 aromatic carbocycles. The van der Waals surface area contributed by atoms with Crippen LogP contribution in [0.3, 0.4) is 0 Å². The molecule has 2 rings (SSSR count). The monoisotopic (exact) mass is 333 g/mol. The maximum absolute atomic E-state index is 12.2. The van der Waals surface area contributed by atoms with Gasteiger partial charge in [-0.3, -0.25) is 9.89 Å². The van der Waals surface area contributed by atoms with Gasteiger partial charge in [-0.05, 0) is 24.7 Å². The number of rotatable bonds is 6. The van der Waals surface area contributed by atoms with Gasteiger partial charge in [-0.1, -0.05) is 27.2 Å². The number of carbonyl (C=O) groups is 1. The molecule has 2 N–H and O–H groups in total. The third-order valence-electron chi connectivity index (χ3n) is 3.68. The normalized spacial score (nSPS) is 21.6. The van der Waals surface area contributed by atoms with Gasteiger partial charge >= 0.3 is 0 Å². The van der Waals surface area contributed by atoms with Gasteiger partial charge in [0.15, 0.2) is 5.69 Å². The zero-order valence-corrected chi connectivity index (χ0v) is 13.9. The molecule has 2 atom stereocenters. The Morgan fingerprint density at radius 1 is 1.52 bits per heavy atom. The molecule has 0 spiro atoms. The molecule has 8 heteroatoms. The number of aromatic amines is 1. The second kappa shape index (κ2) is 5.96. The van der Waals surface area contributed by atoms with Crippen molar-refractivity contribution in [2.24, 2.45) is 5.92 Å². The number of amides is 1. The largest absolute Gasteiger partial charge is 0.348 e. The summed E-state index contributed by atoms with van der Waals surface area (Å²) in [6, 6.07) is 0.113. The van der Waals surface area contributed by atoms with Crippen LogP contribution < -0.4 is 5.32 Å². The summed E-state index contributed by atoms with van der Waals surface area (Å²) in [5, 5.41) is 9.30. The minimum absolute atomic E-state index is 0.113. The number of hydrogen-bond donors (Lipinski definition) is 2.